The zero-order valence-electron chi connectivity index (χ0n) is 17.4. The number of aryl methyl sites for hydroxylation is 2. The van der Waals surface area contributed by atoms with Gasteiger partial charge in [0, 0.05) is 35.6 Å². The minimum atomic E-state index is -0.149. The number of amides is 1. The van der Waals surface area contributed by atoms with Crippen LogP contribution in [0.25, 0.3) is 15.9 Å². The fourth-order valence-corrected chi connectivity index (χ4v) is 4.87. The molecule has 4 rings (SSSR count). The molecule has 1 amide bonds. The van der Waals surface area contributed by atoms with E-state index in [0.29, 0.717) is 22.9 Å². The first kappa shape index (κ1) is 20.0. The van der Waals surface area contributed by atoms with E-state index >= 15 is 0 Å². The van der Waals surface area contributed by atoms with Crippen molar-refractivity contribution in [3.05, 3.63) is 70.5 Å². The van der Waals surface area contributed by atoms with Crippen LogP contribution in [0.1, 0.15) is 26.5 Å². The molecule has 0 bridgehead atoms. The zero-order chi connectivity index (χ0) is 21.3. The van der Waals surface area contributed by atoms with Gasteiger partial charge < -0.3 is 19.4 Å². The summed E-state index contributed by atoms with van der Waals surface area (Å²) < 4.78 is 12.8. The summed E-state index contributed by atoms with van der Waals surface area (Å²) in [7, 11) is 3.19. The van der Waals surface area contributed by atoms with E-state index in [4.69, 9.17) is 9.47 Å². The van der Waals surface area contributed by atoms with Crippen molar-refractivity contribution in [2.45, 2.75) is 20.4 Å². The number of thiophene rings is 1. The average molecular weight is 422 g/mol. The van der Waals surface area contributed by atoms with E-state index in [9.17, 15) is 4.79 Å². The standard InChI is InChI=1S/C23H23N3O3S/c1-14-12-15(2)25-23-18(14)19(26-10-5-6-11-26)21(30-23)22(27)24-13-16-8-7-9-17(28-3)20(16)29-4/h5-12H,13H2,1-4H3,(H,24,27). The fourth-order valence-electron chi connectivity index (χ4n) is 3.66. The van der Waals surface area contributed by atoms with Crippen LogP contribution in [0.15, 0.2) is 48.8 Å². The topological polar surface area (TPSA) is 65.4 Å². The Morgan fingerprint density at radius 1 is 1.13 bits per heavy atom. The molecule has 6 nitrogen and oxygen atoms in total. The number of methoxy groups -OCH3 is 2. The van der Waals surface area contributed by atoms with Crippen LogP contribution in [-0.2, 0) is 6.54 Å². The predicted molar refractivity (Wildman–Crippen MR) is 119 cm³/mol. The number of ether oxygens (including phenoxy) is 2. The molecule has 0 aliphatic heterocycles. The largest absolute Gasteiger partial charge is 0.493 e. The van der Waals surface area contributed by atoms with Crippen molar-refractivity contribution in [2.75, 3.05) is 14.2 Å². The highest BCUT2D eigenvalue weighted by Gasteiger charge is 2.22. The van der Waals surface area contributed by atoms with Crippen molar-refractivity contribution >= 4 is 27.5 Å². The second kappa shape index (κ2) is 8.20. The van der Waals surface area contributed by atoms with Gasteiger partial charge in [0.25, 0.3) is 5.91 Å². The monoisotopic (exact) mass is 421 g/mol. The summed E-state index contributed by atoms with van der Waals surface area (Å²) in [6, 6.07) is 11.6. The van der Waals surface area contributed by atoms with E-state index in [1.54, 1.807) is 14.2 Å². The Labute approximate surface area is 179 Å². The number of pyridine rings is 1. The average Bonchev–Trinajstić information content (AvgIpc) is 3.39. The van der Waals surface area contributed by atoms with E-state index < -0.39 is 0 Å². The third kappa shape index (κ3) is 3.52. The van der Waals surface area contributed by atoms with Crippen LogP contribution >= 0.6 is 11.3 Å². The van der Waals surface area contributed by atoms with Crippen molar-refractivity contribution in [1.29, 1.82) is 0 Å². The second-order valence-electron chi connectivity index (χ2n) is 6.97. The van der Waals surface area contributed by atoms with Gasteiger partial charge in [-0.3, -0.25) is 4.79 Å². The zero-order valence-corrected chi connectivity index (χ0v) is 18.2. The van der Waals surface area contributed by atoms with E-state index in [0.717, 1.165) is 32.7 Å². The van der Waals surface area contributed by atoms with Gasteiger partial charge in [0.1, 0.15) is 9.71 Å². The number of nitrogens with one attached hydrogen (secondary N) is 1. The minimum absolute atomic E-state index is 0.149. The number of carbonyl (C=O) groups excluding carboxylic acids is 1. The third-order valence-corrected chi connectivity index (χ3v) is 6.03. The second-order valence-corrected chi connectivity index (χ2v) is 7.97. The quantitative estimate of drug-likeness (QED) is 0.492. The maximum Gasteiger partial charge on any atom is 0.263 e. The van der Waals surface area contributed by atoms with Crippen molar-refractivity contribution in [1.82, 2.24) is 14.9 Å². The van der Waals surface area contributed by atoms with E-state index in [1.165, 1.54) is 11.3 Å². The first-order valence-corrected chi connectivity index (χ1v) is 10.4. The summed E-state index contributed by atoms with van der Waals surface area (Å²) in [5.74, 6) is 1.11. The Morgan fingerprint density at radius 2 is 1.90 bits per heavy atom. The number of para-hydroxylation sites is 1. The van der Waals surface area contributed by atoms with Crippen molar-refractivity contribution in [2.24, 2.45) is 0 Å². The highest BCUT2D eigenvalue weighted by atomic mass is 32.1. The molecule has 0 saturated heterocycles. The Balaban J connectivity index is 1.72. The van der Waals surface area contributed by atoms with Crippen LogP contribution in [0.4, 0.5) is 0 Å². The number of carbonyl (C=O) groups is 1. The highest BCUT2D eigenvalue weighted by molar-refractivity contribution is 7.21. The SMILES string of the molecule is COc1cccc(CNC(=O)c2sc3nc(C)cc(C)c3c2-n2cccc2)c1OC. The number of hydrogen-bond donors (Lipinski definition) is 1. The molecule has 3 aromatic heterocycles. The Morgan fingerprint density at radius 3 is 2.60 bits per heavy atom. The summed E-state index contributed by atoms with van der Waals surface area (Å²) in [6.45, 7) is 4.35. The first-order valence-electron chi connectivity index (χ1n) is 9.55. The Hall–Kier alpha value is -3.32. The highest BCUT2D eigenvalue weighted by Crippen LogP contribution is 2.36. The van der Waals surface area contributed by atoms with Crippen molar-refractivity contribution < 1.29 is 14.3 Å². The molecular formula is C23H23N3O3S. The molecule has 0 aliphatic carbocycles. The van der Waals surface area contributed by atoms with Crippen LogP contribution in [0.3, 0.4) is 0 Å². The summed E-state index contributed by atoms with van der Waals surface area (Å²) in [6.07, 6.45) is 3.89. The molecule has 0 aliphatic rings. The lowest BCUT2D eigenvalue weighted by atomic mass is 10.1. The maximum absolute atomic E-state index is 13.2. The summed E-state index contributed by atoms with van der Waals surface area (Å²) in [5.41, 5.74) is 3.75. The van der Waals surface area contributed by atoms with E-state index in [2.05, 4.69) is 17.2 Å². The Kier molecular flexibility index (Phi) is 5.46. The molecule has 0 spiro atoms. The van der Waals surface area contributed by atoms with Gasteiger partial charge in [-0.25, -0.2) is 4.98 Å². The third-order valence-electron chi connectivity index (χ3n) is 4.95. The van der Waals surface area contributed by atoms with Crippen molar-refractivity contribution in [3.8, 4) is 17.2 Å². The summed E-state index contributed by atoms with van der Waals surface area (Å²) >= 11 is 1.41. The van der Waals surface area contributed by atoms with Crippen LogP contribution in [0.5, 0.6) is 11.5 Å². The fraction of sp³-hybridized carbons (Fsp3) is 0.217. The molecule has 1 aromatic carbocycles. The van der Waals surface area contributed by atoms with Gasteiger partial charge in [-0.2, -0.15) is 0 Å². The minimum Gasteiger partial charge on any atom is -0.493 e. The van der Waals surface area contributed by atoms with Crippen LogP contribution in [0, 0.1) is 13.8 Å². The lowest BCUT2D eigenvalue weighted by molar-refractivity contribution is 0.0954. The molecule has 0 atom stereocenters. The molecule has 7 heteroatoms. The van der Waals surface area contributed by atoms with Crippen LogP contribution in [0.2, 0.25) is 0 Å². The van der Waals surface area contributed by atoms with Gasteiger partial charge in [-0.1, -0.05) is 12.1 Å². The molecule has 3 heterocycles. The molecule has 154 valence electrons. The summed E-state index contributed by atoms with van der Waals surface area (Å²) in [5, 5.41) is 4.04. The maximum atomic E-state index is 13.2. The van der Waals surface area contributed by atoms with Crippen LogP contribution < -0.4 is 14.8 Å². The Bertz CT molecular complexity index is 1210. The molecule has 0 fully saturated rings. The number of nitrogens with zero attached hydrogens (tertiary/aromatic N) is 2. The smallest absolute Gasteiger partial charge is 0.263 e. The molecule has 4 aromatic rings. The number of aromatic nitrogens is 2. The first-order chi connectivity index (χ1) is 14.5. The molecular weight excluding hydrogens is 398 g/mol. The van der Waals surface area contributed by atoms with Gasteiger partial charge in [0.05, 0.1) is 19.9 Å². The van der Waals surface area contributed by atoms with Gasteiger partial charge in [-0.15, -0.1) is 11.3 Å². The van der Waals surface area contributed by atoms with Gasteiger partial charge in [-0.05, 0) is 43.7 Å². The lowest BCUT2D eigenvalue weighted by Crippen LogP contribution is -2.23. The summed E-state index contributed by atoms with van der Waals surface area (Å²) in [4.78, 5) is 19.4. The number of rotatable bonds is 6. The van der Waals surface area contributed by atoms with Gasteiger partial charge in [0.15, 0.2) is 11.5 Å². The molecule has 0 unspecified atom stereocenters. The predicted octanol–water partition coefficient (Wildman–Crippen LogP) is 4.65. The number of benzene rings is 1. The lowest BCUT2D eigenvalue weighted by Gasteiger charge is -2.13. The van der Waals surface area contributed by atoms with Crippen LogP contribution in [-0.4, -0.2) is 29.7 Å². The molecule has 30 heavy (non-hydrogen) atoms. The van der Waals surface area contributed by atoms with Crippen molar-refractivity contribution in [3.63, 3.8) is 0 Å². The molecule has 0 saturated carbocycles. The number of fused-ring (bicyclic) bond motifs is 1. The normalized spacial score (nSPS) is 10.9. The van der Waals surface area contributed by atoms with E-state index in [1.807, 2.05) is 60.3 Å². The van der Waals surface area contributed by atoms with E-state index in [-0.39, 0.29) is 5.91 Å². The van der Waals surface area contributed by atoms with Gasteiger partial charge >= 0.3 is 0 Å². The number of hydrogen-bond acceptors (Lipinski definition) is 5. The molecule has 0 radical (unpaired) electrons. The van der Waals surface area contributed by atoms with Gasteiger partial charge in [0.2, 0.25) is 0 Å². The molecule has 1 N–H and O–H groups in total.